The third-order valence-electron chi connectivity index (χ3n) is 16.5. The van der Waals surface area contributed by atoms with Crippen molar-refractivity contribution in [3.63, 3.8) is 0 Å². The molecule has 606 valence electrons. The van der Waals surface area contributed by atoms with Crippen molar-refractivity contribution in [2.45, 2.75) is 59.9 Å². The van der Waals surface area contributed by atoms with Gasteiger partial charge in [0.2, 0.25) is 0 Å². The average Bonchev–Trinajstić information content (AvgIpc) is 1.60. The van der Waals surface area contributed by atoms with Gasteiger partial charge in [0.25, 0.3) is 0 Å². The number of benzene rings is 4. The lowest BCUT2D eigenvalue weighted by Crippen LogP contribution is -2.30. The Kier molecular flexibility index (Phi) is 40.5. The van der Waals surface area contributed by atoms with Gasteiger partial charge in [0.15, 0.2) is 23.3 Å². The molecule has 0 spiro atoms. The van der Waals surface area contributed by atoms with Crippen LogP contribution in [0.3, 0.4) is 0 Å². The predicted molar refractivity (Wildman–Crippen MR) is 413 cm³/mol. The van der Waals surface area contributed by atoms with Crippen molar-refractivity contribution in [2.24, 2.45) is 5.73 Å². The first-order chi connectivity index (χ1) is 54.3. The third kappa shape index (κ3) is 29.3. The zero-order chi connectivity index (χ0) is 76.8. The van der Waals surface area contributed by atoms with Crippen LogP contribution in [-0.4, -0.2) is 309 Å². The predicted octanol–water partition coefficient (Wildman–Crippen LogP) is 8.87. The molecule has 0 atom stereocenters. The number of aromatic nitrogens is 8. The molecule has 0 saturated carbocycles. The van der Waals surface area contributed by atoms with E-state index in [0.717, 1.165) is 0 Å². The minimum Gasteiger partial charge on any atom is -0.492 e. The molecule has 7 aromatic rings. The van der Waals surface area contributed by atoms with Crippen LogP contribution in [0.4, 0.5) is 0 Å². The van der Waals surface area contributed by atoms with E-state index in [9.17, 15) is 0 Å². The van der Waals surface area contributed by atoms with E-state index in [1.165, 1.54) is 0 Å². The van der Waals surface area contributed by atoms with Crippen LogP contribution < -0.4 is 24.7 Å². The zero-order valence-electron chi connectivity index (χ0n) is 64.8. The number of nitrogens with one attached hydrogen (secondary N) is 2. The highest BCUT2D eigenvalue weighted by Gasteiger charge is 2.26. The Balaban J connectivity index is 1.15. The Morgan fingerprint density at radius 3 is 0.800 bits per heavy atom. The zero-order valence-corrected chi connectivity index (χ0v) is 64.8. The molecule has 110 heavy (non-hydrogen) atoms. The molecule has 3 aromatic heterocycles. The molecule has 5 heterocycles. The summed E-state index contributed by atoms with van der Waals surface area (Å²) in [5, 5.41) is 2.70. The van der Waals surface area contributed by atoms with Gasteiger partial charge in [-0.2, -0.15) is 0 Å². The highest BCUT2D eigenvalue weighted by atomic mass is 16.6. The molecule has 0 unspecified atom stereocenters. The molecule has 2 aliphatic heterocycles. The first-order valence-electron chi connectivity index (χ1n) is 38.4. The monoisotopic (exact) mass is 1540 g/mol. The van der Waals surface area contributed by atoms with Crippen molar-refractivity contribution in [1.82, 2.24) is 39.9 Å². The van der Waals surface area contributed by atoms with Gasteiger partial charge in [-0.3, -0.25) is 0 Å². The fraction of sp³-hybridized carbons (Fsp3) is 0.595. The van der Waals surface area contributed by atoms with E-state index in [-0.39, 0.29) is 46.2 Å². The maximum Gasteiger partial charge on any atom is 0.164 e. The number of nitrogens with zero attached hydrogens (tertiary/aromatic N) is 6. The Bertz CT molecular complexity index is 3800. The Morgan fingerprint density at radius 2 is 0.500 bits per heavy atom. The van der Waals surface area contributed by atoms with Gasteiger partial charge in [-0.1, -0.05) is 0 Å². The molecule has 0 saturated heterocycles. The first-order valence-corrected chi connectivity index (χ1v) is 38.4. The number of hydrogen-bond donors (Lipinski definition) is 3. The average molecular weight is 1540 g/mol. The maximum absolute atomic E-state index is 6.81. The molecule has 31 nitrogen and oxygen atoms in total. The minimum atomic E-state index is -0.565. The van der Waals surface area contributed by atoms with Crippen LogP contribution in [-0.2, 0) is 85.3 Å². The summed E-state index contributed by atoms with van der Waals surface area (Å²) < 4.78 is 131. The van der Waals surface area contributed by atoms with Gasteiger partial charge in [-0.15, -0.1) is 0 Å². The third-order valence-corrected chi connectivity index (χ3v) is 16.5. The summed E-state index contributed by atoms with van der Waals surface area (Å²) in [7, 11) is 0. The molecular formula is C79H113N9O22. The first kappa shape index (κ1) is 86.7. The molecule has 2 aliphatic rings. The second-order valence-electron chi connectivity index (χ2n) is 24.6. The van der Waals surface area contributed by atoms with Crippen molar-refractivity contribution in [1.29, 1.82) is 0 Å². The van der Waals surface area contributed by atoms with Crippen LogP contribution in [0.1, 0.15) is 41.5 Å². The summed E-state index contributed by atoms with van der Waals surface area (Å²) in [4.78, 5) is 39.2. The van der Waals surface area contributed by atoms with E-state index >= 15 is 0 Å². The van der Waals surface area contributed by atoms with E-state index in [2.05, 4.69) is 9.97 Å². The van der Waals surface area contributed by atoms with Gasteiger partial charge in [-0.05, 0) is 114 Å². The largest absolute Gasteiger partial charge is 0.492 e. The normalized spacial score (nSPS) is 12.1. The summed E-state index contributed by atoms with van der Waals surface area (Å²) in [6.07, 6.45) is -1.67. The van der Waals surface area contributed by atoms with Crippen molar-refractivity contribution < 1.29 is 104 Å². The smallest absolute Gasteiger partial charge is 0.164 e. The fourth-order valence-electron chi connectivity index (χ4n) is 11.3. The number of rotatable bonds is 63. The highest BCUT2D eigenvalue weighted by Crippen LogP contribution is 2.41. The van der Waals surface area contributed by atoms with Crippen molar-refractivity contribution in [2.75, 3.05) is 251 Å². The summed E-state index contributed by atoms with van der Waals surface area (Å²) in [5.41, 5.74) is 10.3. The number of ether oxygens (including phenoxy) is 22. The van der Waals surface area contributed by atoms with Gasteiger partial charge < -0.3 is 120 Å². The molecule has 0 fully saturated rings. The van der Waals surface area contributed by atoms with E-state index in [1.807, 2.05) is 114 Å². The molecule has 8 bridgehead atoms. The van der Waals surface area contributed by atoms with Crippen molar-refractivity contribution in [3.8, 4) is 68.5 Å². The van der Waals surface area contributed by atoms with Gasteiger partial charge >= 0.3 is 0 Å². The molecule has 0 amide bonds. The highest BCUT2D eigenvalue weighted by molar-refractivity contribution is 6.07. The Labute approximate surface area is 643 Å². The number of aromatic amines is 2. The molecule has 0 radical (unpaired) electrons. The number of H-pyrrole nitrogens is 2. The van der Waals surface area contributed by atoms with Crippen LogP contribution in [0.15, 0.2) is 72.8 Å². The van der Waals surface area contributed by atoms with Gasteiger partial charge in [0.1, 0.15) is 70.5 Å². The topological polar surface area (TPSA) is 338 Å². The minimum absolute atomic E-state index is 0.184. The van der Waals surface area contributed by atoms with Gasteiger partial charge in [0.05, 0.1) is 198 Å². The van der Waals surface area contributed by atoms with Crippen LogP contribution in [0.5, 0.6) is 23.0 Å². The van der Waals surface area contributed by atoms with Crippen LogP contribution in [0.2, 0.25) is 0 Å². The molecule has 4 N–H and O–H groups in total. The Hall–Kier alpha value is -7.32. The van der Waals surface area contributed by atoms with E-state index in [1.54, 1.807) is 0 Å². The summed E-state index contributed by atoms with van der Waals surface area (Å²) in [6.45, 7) is 27.0. The molecular weight excluding hydrogens is 1430 g/mol. The molecule has 4 aromatic carbocycles. The van der Waals surface area contributed by atoms with Crippen molar-refractivity contribution >= 4 is 44.1 Å². The van der Waals surface area contributed by atoms with Gasteiger partial charge in [-0.25, -0.2) is 29.9 Å². The number of nitrogens with two attached hydrogens (primary N) is 1. The lowest BCUT2D eigenvalue weighted by Gasteiger charge is -2.20. The van der Waals surface area contributed by atoms with Crippen LogP contribution >= 0.6 is 0 Å². The van der Waals surface area contributed by atoms with E-state index in [0.29, 0.717) is 317 Å². The molecule has 9 rings (SSSR count). The maximum atomic E-state index is 6.81. The quantitative estimate of drug-likeness (QED) is 0.0299. The van der Waals surface area contributed by atoms with Crippen molar-refractivity contribution in [3.05, 3.63) is 72.8 Å². The summed E-state index contributed by atoms with van der Waals surface area (Å²) in [6, 6.07) is 22.8. The van der Waals surface area contributed by atoms with E-state index in [4.69, 9.17) is 140 Å². The lowest BCUT2D eigenvalue weighted by atomic mass is 10.1. The summed E-state index contributed by atoms with van der Waals surface area (Å²) in [5.74, 6) is 3.45. The SMILES string of the molecule is CCOCCOCCOCC(COCCOCCOCC)Oc1ccc2c(c1)-c1nc-2nc2[nH]c(nc3nc(nc4[nH]c(n1)c1ccc(OC(COCCOCCOCC)COCCOCCOCC)cc41)-c1ccc(OCCN)cc1-3)c1ccc(OC(COCCOCCOCC)COCCOCCOCC)cc21. The summed E-state index contributed by atoms with van der Waals surface area (Å²) >= 11 is 0. The molecule has 31 heteroatoms. The van der Waals surface area contributed by atoms with Crippen LogP contribution in [0, 0.1) is 0 Å². The second-order valence-corrected chi connectivity index (χ2v) is 24.6. The number of fused-ring (bicyclic) bond motifs is 20. The van der Waals surface area contributed by atoms with Gasteiger partial charge in [0, 0.05) is 90.0 Å². The second kappa shape index (κ2) is 51.3. The van der Waals surface area contributed by atoms with Crippen LogP contribution in [0.25, 0.3) is 89.7 Å². The molecule has 0 aliphatic carbocycles. The fourth-order valence-corrected chi connectivity index (χ4v) is 11.3. The number of hydrogen-bond acceptors (Lipinski definition) is 29. The lowest BCUT2D eigenvalue weighted by molar-refractivity contribution is -0.0384. The standard InChI is InChI=1S/C79H113N9O22/c1-7-89-23-29-95-35-41-101-51-61(52-102-42-36-96-30-24-90-8-2)108-58-14-18-65-69(48-58)78-84-73(65)82-76-68-47-57(107-22-21-80)13-17-64(68)72(81-76)83-77-70-49-59(109-62(53-103-43-37-97-31-25-91-9-3)54-104-44-38-98-32-26-92-10-4)15-19-66(70)74(85-77)87-79-71-50-60(16-20-67(71)75(86-78)88-79)110-63(55-105-45-39-99-33-27-93-11-5)56-106-46-40-100-34-28-94-12-6/h13-20,47-50,61-63H,7-12,21-46,51-56,80H2,1-6H3,(H2,81,82,83,84,85,86,87,88). The Morgan fingerprint density at radius 1 is 0.255 bits per heavy atom. The van der Waals surface area contributed by atoms with E-state index < -0.39 is 18.3 Å².